The third kappa shape index (κ3) is 3.79. The smallest absolute Gasteiger partial charge is 0.0703 e. The van der Waals surface area contributed by atoms with E-state index < -0.39 is 0 Å². The minimum Gasteiger partial charge on any atom is -0.381 e. The van der Waals surface area contributed by atoms with Crippen LogP contribution in [0.3, 0.4) is 0 Å². The average molecular weight is 405 g/mol. The van der Waals surface area contributed by atoms with Gasteiger partial charge >= 0.3 is 0 Å². The molecule has 4 nitrogen and oxygen atoms in total. The second-order valence-corrected chi connectivity index (χ2v) is 7.57. The van der Waals surface area contributed by atoms with Crippen LogP contribution in [0.1, 0.15) is 25.7 Å². The molecule has 0 spiro atoms. The molecular weight excluding hydrogens is 379 g/mol. The van der Waals surface area contributed by atoms with Gasteiger partial charge in [0.25, 0.3) is 0 Å². The molecule has 2 fully saturated rings. The van der Waals surface area contributed by atoms with Gasteiger partial charge in [-0.25, -0.2) is 0 Å². The number of anilines is 1. The van der Waals surface area contributed by atoms with Gasteiger partial charge in [0.15, 0.2) is 0 Å². The molecule has 3 aromatic rings. The maximum Gasteiger partial charge on any atom is 0.0703 e. The molecule has 3 atom stereocenters. The second kappa shape index (κ2) is 8.09. The largest absolute Gasteiger partial charge is 0.381 e. The van der Waals surface area contributed by atoms with Crippen LogP contribution in [-0.4, -0.2) is 40.0 Å². The second-order valence-electron chi connectivity index (χ2n) is 7.57. The molecule has 6 heteroatoms. The first-order valence-corrected chi connectivity index (χ1v) is 9.28. The van der Waals surface area contributed by atoms with Gasteiger partial charge in [-0.05, 0) is 63.1 Å². The minimum absolute atomic E-state index is 0. The molecule has 2 saturated heterocycles. The summed E-state index contributed by atoms with van der Waals surface area (Å²) in [7, 11) is 2.29. The number of rotatable bonds is 3. The summed E-state index contributed by atoms with van der Waals surface area (Å²) in [6, 6.07) is 14.9. The summed E-state index contributed by atoms with van der Waals surface area (Å²) in [5.41, 5.74) is 4.49. The molecule has 2 aliphatic heterocycles. The number of pyridine rings is 1. The van der Waals surface area contributed by atoms with Crippen LogP contribution in [0.15, 0.2) is 48.8 Å². The molecular formula is C21H26Cl2N4. The van der Waals surface area contributed by atoms with Gasteiger partial charge in [0.1, 0.15) is 0 Å². The van der Waals surface area contributed by atoms with Gasteiger partial charge in [0.2, 0.25) is 0 Å². The number of benzene rings is 1. The van der Waals surface area contributed by atoms with E-state index in [2.05, 4.69) is 58.6 Å². The summed E-state index contributed by atoms with van der Waals surface area (Å²) in [5, 5.41) is 4.94. The van der Waals surface area contributed by atoms with Crippen molar-refractivity contribution in [3.8, 4) is 11.3 Å². The fourth-order valence-corrected chi connectivity index (χ4v) is 4.63. The van der Waals surface area contributed by atoms with Gasteiger partial charge in [-0.1, -0.05) is 6.07 Å². The van der Waals surface area contributed by atoms with Crippen LogP contribution in [0.2, 0.25) is 0 Å². The van der Waals surface area contributed by atoms with E-state index in [4.69, 9.17) is 4.98 Å². The molecule has 144 valence electrons. The Morgan fingerprint density at radius 2 is 1.81 bits per heavy atom. The highest BCUT2D eigenvalue weighted by Gasteiger charge is 2.38. The Kier molecular flexibility index (Phi) is 5.99. The van der Waals surface area contributed by atoms with E-state index in [9.17, 15) is 0 Å². The summed E-state index contributed by atoms with van der Waals surface area (Å²) in [6.07, 6.45) is 9.18. The predicted octanol–water partition coefficient (Wildman–Crippen LogP) is 5.11. The molecule has 0 radical (unpaired) electrons. The molecule has 2 bridgehead atoms. The molecule has 1 aromatic carbocycles. The highest BCUT2D eigenvalue weighted by molar-refractivity contribution is 5.86. The number of aromatic nitrogens is 2. The fourth-order valence-electron chi connectivity index (χ4n) is 4.63. The number of nitrogens with one attached hydrogen (secondary N) is 2. The number of hydrogen-bond donors (Lipinski definition) is 2. The van der Waals surface area contributed by atoms with Gasteiger partial charge in [-0.3, -0.25) is 4.98 Å². The molecule has 1 unspecified atom stereocenters. The molecule has 0 aliphatic carbocycles. The van der Waals surface area contributed by atoms with Gasteiger partial charge in [0, 0.05) is 40.8 Å². The number of nitrogens with zero attached hydrogens (tertiary/aromatic N) is 2. The fraction of sp³-hybridized carbons (Fsp3) is 0.381. The van der Waals surface area contributed by atoms with Crippen LogP contribution in [0, 0.1) is 0 Å². The Balaban J connectivity index is 0.00000105. The Hall–Kier alpha value is -1.75. The van der Waals surface area contributed by atoms with E-state index >= 15 is 0 Å². The van der Waals surface area contributed by atoms with E-state index in [1.54, 1.807) is 0 Å². The average Bonchev–Trinajstić information content (AvgIpc) is 3.16. The molecule has 4 heterocycles. The third-order valence-electron chi connectivity index (χ3n) is 6.08. The molecule has 2 aromatic heterocycles. The summed E-state index contributed by atoms with van der Waals surface area (Å²) in [5.74, 6) is 0. The van der Waals surface area contributed by atoms with Crippen molar-refractivity contribution in [2.75, 3.05) is 12.4 Å². The van der Waals surface area contributed by atoms with Crippen molar-refractivity contribution in [2.45, 2.75) is 43.8 Å². The molecule has 2 aliphatic rings. The molecule has 0 amide bonds. The van der Waals surface area contributed by atoms with E-state index in [0.29, 0.717) is 6.04 Å². The maximum absolute atomic E-state index is 4.69. The van der Waals surface area contributed by atoms with Crippen molar-refractivity contribution in [3.63, 3.8) is 0 Å². The summed E-state index contributed by atoms with van der Waals surface area (Å²) >= 11 is 0. The van der Waals surface area contributed by atoms with Crippen molar-refractivity contribution in [3.05, 3.63) is 48.8 Å². The quantitative estimate of drug-likeness (QED) is 0.637. The van der Waals surface area contributed by atoms with Crippen molar-refractivity contribution in [1.82, 2.24) is 14.9 Å². The van der Waals surface area contributed by atoms with Crippen molar-refractivity contribution in [2.24, 2.45) is 0 Å². The number of hydrogen-bond acceptors (Lipinski definition) is 3. The van der Waals surface area contributed by atoms with Crippen LogP contribution in [-0.2, 0) is 0 Å². The minimum atomic E-state index is 0. The van der Waals surface area contributed by atoms with E-state index in [1.165, 1.54) is 36.6 Å². The predicted molar refractivity (Wildman–Crippen MR) is 117 cm³/mol. The first-order chi connectivity index (χ1) is 12.3. The zero-order valence-electron chi connectivity index (χ0n) is 15.4. The standard InChI is InChI=1S/C21H24N4.2ClH/c1-25-18-4-5-19(25)12-17(11-18)24-16-3-7-21(23-13-16)14-2-6-20-15(10-14)8-9-22-20;;/h2-3,6-10,13,17-19,22,24H,4-5,11-12H2,1H3;2*1H/t17?,18-,19+;;. The number of aromatic amines is 1. The summed E-state index contributed by atoms with van der Waals surface area (Å²) < 4.78 is 0. The van der Waals surface area contributed by atoms with Gasteiger partial charge in [0.05, 0.1) is 17.6 Å². The zero-order valence-corrected chi connectivity index (χ0v) is 17.0. The highest BCUT2D eigenvalue weighted by atomic mass is 35.5. The van der Waals surface area contributed by atoms with Crippen LogP contribution in [0.25, 0.3) is 22.2 Å². The monoisotopic (exact) mass is 404 g/mol. The lowest BCUT2D eigenvalue weighted by Gasteiger charge is -2.37. The van der Waals surface area contributed by atoms with Crippen LogP contribution < -0.4 is 5.32 Å². The van der Waals surface area contributed by atoms with Crippen molar-refractivity contribution in [1.29, 1.82) is 0 Å². The SMILES string of the molecule is CN1[C@@H]2CC[C@H]1CC(Nc1ccc(-c3ccc4[nH]ccc4c3)nc1)C2.Cl.Cl. The van der Waals surface area contributed by atoms with E-state index in [0.717, 1.165) is 29.0 Å². The Bertz CT molecular complexity index is 879. The Morgan fingerprint density at radius 1 is 1.04 bits per heavy atom. The molecule has 2 N–H and O–H groups in total. The summed E-state index contributed by atoms with van der Waals surface area (Å²) in [4.78, 5) is 10.5. The lowest BCUT2D eigenvalue weighted by molar-refractivity contribution is 0.169. The Morgan fingerprint density at radius 3 is 2.52 bits per heavy atom. The zero-order chi connectivity index (χ0) is 16.8. The molecule has 5 rings (SSSR count). The summed E-state index contributed by atoms with van der Waals surface area (Å²) in [6.45, 7) is 0. The molecule has 0 saturated carbocycles. The van der Waals surface area contributed by atoms with Crippen LogP contribution >= 0.6 is 24.8 Å². The molecule has 27 heavy (non-hydrogen) atoms. The van der Waals surface area contributed by atoms with Gasteiger partial charge in [-0.15, -0.1) is 24.8 Å². The van der Waals surface area contributed by atoms with Crippen LogP contribution in [0.4, 0.5) is 5.69 Å². The van der Waals surface area contributed by atoms with Crippen molar-refractivity contribution >= 4 is 41.4 Å². The number of halogens is 2. The van der Waals surface area contributed by atoms with E-state index in [1.807, 2.05) is 12.4 Å². The topological polar surface area (TPSA) is 44.0 Å². The maximum atomic E-state index is 4.69. The number of piperidine rings is 1. The van der Waals surface area contributed by atoms with Gasteiger partial charge < -0.3 is 15.2 Å². The van der Waals surface area contributed by atoms with Gasteiger partial charge in [-0.2, -0.15) is 0 Å². The first-order valence-electron chi connectivity index (χ1n) is 9.28. The van der Waals surface area contributed by atoms with Crippen molar-refractivity contribution < 1.29 is 0 Å². The normalized spacial score (nSPS) is 24.3. The van der Waals surface area contributed by atoms with E-state index in [-0.39, 0.29) is 24.8 Å². The third-order valence-corrected chi connectivity index (χ3v) is 6.08. The number of H-pyrrole nitrogens is 1. The highest BCUT2D eigenvalue weighted by Crippen LogP contribution is 2.35. The first kappa shape index (κ1) is 20.0. The lowest BCUT2D eigenvalue weighted by Crippen LogP contribution is -2.44. The lowest BCUT2D eigenvalue weighted by atomic mass is 9.98. The van der Waals surface area contributed by atoms with Crippen LogP contribution in [0.5, 0.6) is 0 Å². The number of fused-ring (bicyclic) bond motifs is 3. The Labute approximate surface area is 172 Å².